The molecule has 0 aliphatic carbocycles. The van der Waals surface area contributed by atoms with E-state index in [0.29, 0.717) is 5.56 Å². The predicted molar refractivity (Wildman–Crippen MR) is 80.7 cm³/mol. The van der Waals surface area contributed by atoms with Crippen LogP contribution in [0.25, 0.3) is 10.8 Å². The van der Waals surface area contributed by atoms with E-state index in [1.807, 2.05) is 30.3 Å². The molecule has 0 saturated heterocycles. The first-order valence-corrected chi connectivity index (χ1v) is 6.46. The van der Waals surface area contributed by atoms with E-state index in [2.05, 4.69) is 16.0 Å². The Kier molecular flexibility index (Phi) is 4.57. The average Bonchev–Trinajstić information content (AvgIpc) is 2.53. The van der Waals surface area contributed by atoms with Crippen LogP contribution >= 0.6 is 0 Å². The van der Waals surface area contributed by atoms with Gasteiger partial charge in [-0.2, -0.15) is 0 Å². The molecule has 0 aliphatic rings. The summed E-state index contributed by atoms with van der Waals surface area (Å²) in [4.78, 5) is 23.8. The van der Waals surface area contributed by atoms with Crippen LogP contribution in [0, 0.1) is 12.3 Å². The van der Waals surface area contributed by atoms with Gasteiger partial charge < -0.3 is 10.1 Å². The van der Waals surface area contributed by atoms with Crippen LogP contribution in [0.3, 0.4) is 0 Å². The third-order valence-electron chi connectivity index (χ3n) is 3.12. The number of amides is 1. The zero-order valence-corrected chi connectivity index (χ0v) is 11.6. The van der Waals surface area contributed by atoms with Gasteiger partial charge in [0.05, 0.1) is 7.11 Å². The van der Waals surface area contributed by atoms with Crippen LogP contribution in [0.5, 0.6) is 0 Å². The highest BCUT2D eigenvalue weighted by Crippen LogP contribution is 2.15. The second kappa shape index (κ2) is 6.58. The van der Waals surface area contributed by atoms with Gasteiger partial charge >= 0.3 is 5.97 Å². The van der Waals surface area contributed by atoms with Crippen molar-refractivity contribution in [1.29, 1.82) is 0 Å². The smallest absolute Gasteiger partial charge is 0.329 e. The van der Waals surface area contributed by atoms with Crippen molar-refractivity contribution in [2.45, 2.75) is 12.5 Å². The van der Waals surface area contributed by atoms with Crippen LogP contribution in [0.1, 0.15) is 16.8 Å². The molecule has 4 nitrogen and oxygen atoms in total. The average molecular weight is 281 g/mol. The molecule has 0 spiro atoms. The molecule has 0 bridgehead atoms. The van der Waals surface area contributed by atoms with Crippen molar-refractivity contribution in [2.24, 2.45) is 0 Å². The van der Waals surface area contributed by atoms with E-state index in [1.165, 1.54) is 7.11 Å². The van der Waals surface area contributed by atoms with Crippen LogP contribution in [-0.2, 0) is 9.53 Å². The van der Waals surface area contributed by atoms with E-state index in [-0.39, 0.29) is 12.3 Å². The number of hydrogen-bond donors (Lipinski definition) is 1. The van der Waals surface area contributed by atoms with Gasteiger partial charge in [-0.15, -0.1) is 12.3 Å². The van der Waals surface area contributed by atoms with Crippen molar-refractivity contribution in [2.75, 3.05) is 7.11 Å². The van der Waals surface area contributed by atoms with Crippen molar-refractivity contribution in [1.82, 2.24) is 5.32 Å². The summed E-state index contributed by atoms with van der Waals surface area (Å²) in [5.74, 6) is 1.45. The molecule has 106 valence electrons. The van der Waals surface area contributed by atoms with Crippen molar-refractivity contribution >= 4 is 22.6 Å². The number of ether oxygens (including phenoxy) is 1. The summed E-state index contributed by atoms with van der Waals surface area (Å²) in [6.07, 6.45) is 5.29. The molecule has 0 unspecified atom stereocenters. The van der Waals surface area contributed by atoms with Crippen LogP contribution in [-0.4, -0.2) is 25.0 Å². The summed E-state index contributed by atoms with van der Waals surface area (Å²) in [6.45, 7) is 0. The molecule has 0 radical (unpaired) electrons. The number of carbonyl (C=O) groups is 2. The second-order valence-corrected chi connectivity index (χ2v) is 4.52. The molecule has 0 aromatic heterocycles. The molecule has 1 N–H and O–H groups in total. The molecule has 2 aromatic rings. The Hall–Kier alpha value is -2.80. The minimum absolute atomic E-state index is 0.0893. The van der Waals surface area contributed by atoms with Gasteiger partial charge in [0, 0.05) is 12.0 Å². The highest BCUT2D eigenvalue weighted by atomic mass is 16.5. The number of terminal acetylenes is 1. The van der Waals surface area contributed by atoms with Crippen LogP contribution in [0.15, 0.2) is 42.5 Å². The number of hydrogen-bond acceptors (Lipinski definition) is 3. The molecule has 1 atom stereocenters. The fourth-order valence-corrected chi connectivity index (χ4v) is 2.03. The van der Waals surface area contributed by atoms with Gasteiger partial charge in [0.1, 0.15) is 6.04 Å². The molecule has 0 heterocycles. The van der Waals surface area contributed by atoms with Crippen LogP contribution in [0.4, 0.5) is 0 Å². The topological polar surface area (TPSA) is 55.4 Å². The van der Waals surface area contributed by atoms with Crippen molar-refractivity contribution in [3.8, 4) is 12.3 Å². The Labute approximate surface area is 123 Å². The lowest BCUT2D eigenvalue weighted by Gasteiger charge is -2.14. The van der Waals surface area contributed by atoms with Gasteiger partial charge in [-0.25, -0.2) is 4.79 Å². The molecule has 2 rings (SSSR count). The van der Waals surface area contributed by atoms with Gasteiger partial charge in [0.2, 0.25) is 0 Å². The SMILES string of the molecule is C#CC[C@H](NC(=O)c1ccc2ccccc2c1)C(=O)OC. The minimum atomic E-state index is -0.834. The Morgan fingerprint density at radius 2 is 1.95 bits per heavy atom. The zero-order chi connectivity index (χ0) is 15.2. The van der Waals surface area contributed by atoms with Crippen molar-refractivity contribution in [3.05, 3.63) is 48.0 Å². The molecular formula is C17H15NO3. The predicted octanol–water partition coefficient (Wildman–Crippen LogP) is 2.13. The van der Waals surface area contributed by atoms with Gasteiger partial charge in [0.25, 0.3) is 5.91 Å². The number of benzene rings is 2. The highest BCUT2D eigenvalue weighted by Gasteiger charge is 2.21. The summed E-state index contributed by atoms with van der Waals surface area (Å²) in [7, 11) is 1.26. The maximum absolute atomic E-state index is 12.2. The number of nitrogens with one attached hydrogen (secondary N) is 1. The number of methoxy groups -OCH3 is 1. The van der Waals surface area contributed by atoms with E-state index in [1.54, 1.807) is 12.1 Å². The molecule has 0 saturated carbocycles. The van der Waals surface area contributed by atoms with Gasteiger partial charge in [-0.05, 0) is 22.9 Å². The van der Waals surface area contributed by atoms with Crippen LogP contribution in [0.2, 0.25) is 0 Å². The minimum Gasteiger partial charge on any atom is -0.467 e. The number of esters is 1. The number of rotatable bonds is 4. The molecule has 1 amide bonds. The fourth-order valence-electron chi connectivity index (χ4n) is 2.03. The molecule has 4 heteroatoms. The maximum atomic E-state index is 12.2. The van der Waals surface area contributed by atoms with Crippen molar-refractivity contribution < 1.29 is 14.3 Å². The Morgan fingerprint density at radius 3 is 2.62 bits per heavy atom. The largest absolute Gasteiger partial charge is 0.467 e. The Morgan fingerprint density at radius 1 is 1.24 bits per heavy atom. The summed E-state index contributed by atoms with van der Waals surface area (Å²) >= 11 is 0. The molecule has 0 aliphatic heterocycles. The van der Waals surface area contributed by atoms with E-state index in [0.717, 1.165) is 10.8 Å². The first-order chi connectivity index (χ1) is 10.2. The lowest BCUT2D eigenvalue weighted by Crippen LogP contribution is -2.41. The quantitative estimate of drug-likeness (QED) is 0.690. The summed E-state index contributed by atoms with van der Waals surface area (Å²) in [5, 5.41) is 4.59. The maximum Gasteiger partial charge on any atom is 0.329 e. The van der Waals surface area contributed by atoms with E-state index in [4.69, 9.17) is 6.42 Å². The summed E-state index contributed by atoms with van der Waals surface area (Å²) < 4.78 is 4.62. The van der Waals surface area contributed by atoms with E-state index < -0.39 is 12.0 Å². The molecule has 21 heavy (non-hydrogen) atoms. The first-order valence-electron chi connectivity index (χ1n) is 6.46. The van der Waals surface area contributed by atoms with Crippen LogP contribution < -0.4 is 5.32 Å². The fraction of sp³-hybridized carbons (Fsp3) is 0.176. The molecular weight excluding hydrogens is 266 g/mol. The number of fused-ring (bicyclic) bond motifs is 1. The Bertz CT molecular complexity index is 715. The lowest BCUT2D eigenvalue weighted by molar-refractivity contribution is -0.142. The molecule has 2 aromatic carbocycles. The Balaban J connectivity index is 2.21. The summed E-state index contributed by atoms with van der Waals surface area (Å²) in [6, 6.07) is 12.2. The van der Waals surface area contributed by atoms with Gasteiger partial charge in [0.15, 0.2) is 0 Å². The van der Waals surface area contributed by atoms with E-state index in [9.17, 15) is 9.59 Å². The van der Waals surface area contributed by atoms with Gasteiger partial charge in [-0.1, -0.05) is 30.3 Å². The summed E-state index contributed by atoms with van der Waals surface area (Å²) in [5.41, 5.74) is 0.472. The first kappa shape index (κ1) is 14.6. The monoisotopic (exact) mass is 281 g/mol. The van der Waals surface area contributed by atoms with E-state index >= 15 is 0 Å². The number of carbonyl (C=O) groups excluding carboxylic acids is 2. The third-order valence-corrected chi connectivity index (χ3v) is 3.12. The van der Waals surface area contributed by atoms with Crippen molar-refractivity contribution in [3.63, 3.8) is 0 Å². The van der Waals surface area contributed by atoms with Gasteiger partial charge in [-0.3, -0.25) is 4.79 Å². The normalized spacial score (nSPS) is 11.4. The lowest BCUT2D eigenvalue weighted by atomic mass is 10.1. The second-order valence-electron chi connectivity index (χ2n) is 4.52. The zero-order valence-electron chi connectivity index (χ0n) is 11.6. The standard InChI is InChI=1S/C17H15NO3/c1-3-6-15(17(20)21-2)18-16(19)14-10-9-12-7-4-5-8-13(12)11-14/h1,4-5,7-11,15H,6H2,2H3,(H,18,19)/t15-/m0/s1. The highest BCUT2D eigenvalue weighted by molar-refractivity contribution is 6.00. The third kappa shape index (κ3) is 3.40. The molecule has 0 fully saturated rings.